The number of nitrogens with one attached hydrogen (secondary N) is 2. The first-order valence-corrected chi connectivity index (χ1v) is 18.5. The number of phenols is 1. The van der Waals surface area contributed by atoms with Crippen molar-refractivity contribution in [3.63, 3.8) is 0 Å². The second-order valence-corrected chi connectivity index (χ2v) is 14.1. The van der Waals surface area contributed by atoms with Crippen LogP contribution in [0.25, 0.3) is 11.1 Å². The van der Waals surface area contributed by atoms with Crippen LogP contribution < -0.4 is 10.6 Å². The molecule has 0 spiro atoms. The molecule has 5 unspecified atom stereocenters. The molecule has 10 heteroatoms. The highest BCUT2D eigenvalue weighted by Crippen LogP contribution is 2.42. The van der Waals surface area contributed by atoms with Gasteiger partial charge in [-0.15, -0.1) is 0 Å². The number of likely N-dealkylation sites (N-methyl/N-ethyl adjacent to an activating group) is 1. The maximum atomic E-state index is 12.5. The van der Waals surface area contributed by atoms with Crippen LogP contribution in [0.1, 0.15) is 85.8 Å². The fourth-order valence-corrected chi connectivity index (χ4v) is 6.71. The van der Waals surface area contributed by atoms with Gasteiger partial charge < -0.3 is 40.3 Å². The lowest BCUT2D eigenvalue weighted by molar-refractivity contribution is -0.276. The van der Waals surface area contributed by atoms with Gasteiger partial charge in [-0.05, 0) is 77.5 Å². The standard InChI is InChI=1S/C43H53N3O7/c1-29-40(27-46(3)26-39(50)36-13-9-15-38(49)24-36)52-43(53-42(29)33-19-17-31(28-47)18-20-33)37-14-8-12-35(23-37)34-11-7-10-32(22-34)25-45-41(51)16-5-4-6-21-44-30(2)48/h7-15,17-20,22-24,29,39-40,42-43,47,49-50H,4-6,16,21,25-28H2,1-3H3,(H,44,48)(H,45,51). The number of unbranched alkanes of at least 4 members (excludes halogenated alkanes) is 2. The quantitative estimate of drug-likeness (QED) is 0.0798. The summed E-state index contributed by atoms with van der Waals surface area (Å²) in [6.07, 6.45) is 0.972. The molecule has 0 bridgehead atoms. The summed E-state index contributed by atoms with van der Waals surface area (Å²) in [5.74, 6) is 0.0480. The van der Waals surface area contributed by atoms with Crippen molar-refractivity contribution < 1.29 is 34.4 Å². The van der Waals surface area contributed by atoms with Gasteiger partial charge in [-0.25, -0.2) is 0 Å². The van der Waals surface area contributed by atoms with Gasteiger partial charge in [-0.2, -0.15) is 0 Å². The highest BCUT2D eigenvalue weighted by molar-refractivity contribution is 5.76. The number of aliphatic hydroxyl groups excluding tert-OH is 2. The summed E-state index contributed by atoms with van der Waals surface area (Å²) in [6.45, 7) is 5.52. The van der Waals surface area contributed by atoms with Gasteiger partial charge in [0.15, 0.2) is 6.29 Å². The first kappa shape index (κ1) is 39.6. The molecule has 5 atom stereocenters. The van der Waals surface area contributed by atoms with Crippen molar-refractivity contribution in [2.75, 3.05) is 26.7 Å². The van der Waals surface area contributed by atoms with Gasteiger partial charge in [0.2, 0.25) is 11.8 Å². The minimum absolute atomic E-state index is 0.00683. The molecule has 0 aliphatic carbocycles. The summed E-state index contributed by atoms with van der Waals surface area (Å²) in [6, 6.07) is 30.7. The molecule has 0 saturated carbocycles. The molecule has 1 aliphatic heterocycles. The molecule has 4 aromatic rings. The fourth-order valence-electron chi connectivity index (χ4n) is 6.71. The zero-order valence-electron chi connectivity index (χ0n) is 30.9. The topological polar surface area (TPSA) is 141 Å². The first-order valence-electron chi connectivity index (χ1n) is 18.5. The molecule has 2 amide bonds. The van der Waals surface area contributed by atoms with Crippen molar-refractivity contribution in [2.24, 2.45) is 5.92 Å². The molecule has 5 rings (SSSR count). The molecule has 1 aliphatic rings. The summed E-state index contributed by atoms with van der Waals surface area (Å²) in [4.78, 5) is 25.5. The van der Waals surface area contributed by atoms with Gasteiger partial charge in [-0.1, -0.05) is 86.1 Å². The van der Waals surface area contributed by atoms with E-state index < -0.39 is 12.4 Å². The highest BCUT2D eigenvalue weighted by Gasteiger charge is 2.39. The van der Waals surface area contributed by atoms with Crippen LogP contribution in [0.2, 0.25) is 0 Å². The average Bonchev–Trinajstić information content (AvgIpc) is 3.16. The van der Waals surface area contributed by atoms with Crippen LogP contribution in [-0.4, -0.2) is 64.8 Å². The first-order chi connectivity index (χ1) is 25.6. The highest BCUT2D eigenvalue weighted by atomic mass is 16.7. The van der Waals surface area contributed by atoms with E-state index in [-0.39, 0.29) is 42.3 Å². The molecule has 282 valence electrons. The largest absolute Gasteiger partial charge is 0.508 e. The van der Waals surface area contributed by atoms with Gasteiger partial charge in [-0.3, -0.25) is 9.59 Å². The van der Waals surface area contributed by atoms with E-state index >= 15 is 0 Å². The lowest BCUT2D eigenvalue weighted by Gasteiger charge is -2.42. The van der Waals surface area contributed by atoms with E-state index in [1.54, 1.807) is 24.3 Å². The van der Waals surface area contributed by atoms with Crippen LogP contribution in [-0.2, 0) is 32.2 Å². The van der Waals surface area contributed by atoms with Crippen LogP contribution in [0.5, 0.6) is 5.75 Å². The minimum atomic E-state index is -0.784. The van der Waals surface area contributed by atoms with Crippen LogP contribution in [0.4, 0.5) is 0 Å². The number of ether oxygens (including phenoxy) is 2. The number of benzene rings is 4. The number of hydrogen-bond acceptors (Lipinski definition) is 8. The second kappa shape index (κ2) is 19.5. The number of aliphatic hydroxyl groups is 2. The smallest absolute Gasteiger partial charge is 0.220 e. The molecule has 0 aromatic heterocycles. The summed E-state index contributed by atoms with van der Waals surface area (Å²) in [5, 5.41) is 36.3. The van der Waals surface area contributed by atoms with E-state index in [0.717, 1.165) is 52.6 Å². The third kappa shape index (κ3) is 11.7. The van der Waals surface area contributed by atoms with E-state index in [0.29, 0.717) is 38.2 Å². The maximum Gasteiger partial charge on any atom is 0.220 e. The summed E-state index contributed by atoms with van der Waals surface area (Å²) in [5.41, 5.74) is 6.33. The lowest BCUT2D eigenvalue weighted by Crippen LogP contribution is -2.44. The molecule has 1 saturated heterocycles. The van der Waals surface area contributed by atoms with Crippen LogP contribution in [0.3, 0.4) is 0 Å². The Bertz CT molecular complexity index is 1780. The zero-order chi connectivity index (χ0) is 37.7. The Morgan fingerprint density at radius 3 is 2.30 bits per heavy atom. The van der Waals surface area contributed by atoms with Gasteiger partial charge in [0.05, 0.1) is 24.9 Å². The third-order valence-electron chi connectivity index (χ3n) is 9.72. The van der Waals surface area contributed by atoms with Crippen LogP contribution in [0.15, 0.2) is 97.1 Å². The molecule has 0 radical (unpaired) electrons. The fraction of sp³-hybridized carbons (Fsp3) is 0.395. The zero-order valence-corrected chi connectivity index (χ0v) is 30.9. The van der Waals surface area contributed by atoms with E-state index in [1.807, 2.05) is 72.6 Å². The molecule has 4 aromatic carbocycles. The Morgan fingerprint density at radius 1 is 0.830 bits per heavy atom. The Labute approximate surface area is 312 Å². The number of amides is 2. The molecule has 1 fully saturated rings. The normalized spacial score (nSPS) is 19.1. The summed E-state index contributed by atoms with van der Waals surface area (Å²) < 4.78 is 13.4. The van der Waals surface area contributed by atoms with E-state index in [9.17, 15) is 24.9 Å². The van der Waals surface area contributed by atoms with Crippen molar-refractivity contribution in [1.29, 1.82) is 0 Å². The number of carbonyl (C=O) groups is 2. The molecule has 5 N–H and O–H groups in total. The van der Waals surface area contributed by atoms with Crippen molar-refractivity contribution in [1.82, 2.24) is 15.5 Å². The average molecular weight is 724 g/mol. The SMILES string of the molecule is CC(=O)NCCCCCC(=O)NCc1cccc(-c2cccc(C3OC(CN(C)CC(O)c4cccc(O)c4)C(C)C(c4ccc(CO)cc4)O3)c2)c1. The van der Waals surface area contributed by atoms with Crippen molar-refractivity contribution >= 4 is 11.8 Å². The molecule has 53 heavy (non-hydrogen) atoms. The Balaban J connectivity index is 1.27. The van der Waals surface area contributed by atoms with Gasteiger partial charge in [0, 0.05) is 51.0 Å². The Hall–Kier alpha value is -4.58. The summed E-state index contributed by atoms with van der Waals surface area (Å²) in [7, 11) is 1.95. The van der Waals surface area contributed by atoms with Crippen molar-refractivity contribution in [3.8, 4) is 16.9 Å². The van der Waals surface area contributed by atoms with Gasteiger partial charge >= 0.3 is 0 Å². The predicted octanol–water partition coefficient (Wildman–Crippen LogP) is 6.32. The Morgan fingerprint density at radius 2 is 1.57 bits per heavy atom. The van der Waals surface area contributed by atoms with Crippen LogP contribution in [0, 0.1) is 5.92 Å². The van der Waals surface area contributed by atoms with E-state index in [4.69, 9.17) is 9.47 Å². The van der Waals surface area contributed by atoms with Crippen LogP contribution >= 0.6 is 0 Å². The third-order valence-corrected chi connectivity index (χ3v) is 9.72. The van der Waals surface area contributed by atoms with E-state index in [1.165, 1.54) is 6.92 Å². The number of phenolic OH excluding ortho intramolecular Hbond substituents is 1. The maximum absolute atomic E-state index is 12.5. The summed E-state index contributed by atoms with van der Waals surface area (Å²) >= 11 is 0. The van der Waals surface area contributed by atoms with Crippen molar-refractivity contribution in [2.45, 2.75) is 77.3 Å². The molecule has 1 heterocycles. The van der Waals surface area contributed by atoms with E-state index in [2.05, 4.69) is 29.7 Å². The predicted molar refractivity (Wildman–Crippen MR) is 204 cm³/mol. The number of aromatic hydroxyl groups is 1. The Kier molecular flexibility index (Phi) is 14.6. The number of rotatable bonds is 17. The second-order valence-electron chi connectivity index (χ2n) is 14.1. The number of carbonyl (C=O) groups excluding carboxylic acids is 2. The van der Waals surface area contributed by atoms with Crippen molar-refractivity contribution in [3.05, 3.63) is 125 Å². The number of hydrogen-bond donors (Lipinski definition) is 5. The van der Waals surface area contributed by atoms with Gasteiger partial charge in [0.1, 0.15) is 5.75 Å². The monoisotopic (exact) mass is 723 g/mol. The molecule has 10 nitrogen and oxygen atoms in total. The lowest BCUT2D eigenvalue weighted by atomic mass is 9.89. The van der Waals surface area contributed by atoms with Gasteiger partial charge in [0.25, 0.3) is 0 Å². The number of nitrogens with zero attached hydrogens (tertiary/aromatic N) is 1. The molecular weight excluding hydrogens is 670 g/mol. The minimum Gasteiger partial charge on any atom is -0.508 e. The molecular formula is C43H53N3O7.